The smallest absolute Gasteiger partial charge is 0.411 e. The average molecular weight is 348 g/mol. The second kappa shape index (κ2) is 8.34. The predicted octanol–water partition coefficient (Wildman–Crippen LogP) is 2.50. The lowest BCUT2D eigenvalue weighted by atomic mass is 9.94. The van der Waals surface area contributed by atoms with Crippen LogP contribution in [-0.4, -0.2) is 48.8 Å². The molecule has 0 aliphatic carbocycles. The van der Waals surface area contributed by atoms with Crippen LogP contribution in [0, 0.1) is 0 Å². The van der Waals surface area contributed by atoms with E-state index in [0.717, 1.165) is 17.5 Å². The molecule has 0 aromatic heterocycles. The van der Waals surface area contributed by atoms with Crippen LogP contribution in [-0.2, 0) is 27.2 Å². The molecule has 6 nitrogen and oxygen atoms in total. The van der Waals surface area contributed by atoms with E-state index in [1.54, 1.807) is 7.11 Å². The number of carbonyl (C=O) groups excluding carboxylic acids is 2. The van der Waals surface area contributed by atoms with Crippen LogP contribution in [0.25, 0.3) is 0 Å². The van der Waals surface area contributed by atoms with Crippen LogP contribution < -0.4 is 5.32 Å². The van der Waals surface area contributed by atoms with Gasteiger partial charge in [-0.15, -0.1) is 0 Å². The van der Waals surface area contributed by atoms with Crippen LogP contribution in [0.4, 0.5) is 4.79 Å². The molecule has 0 unspecified atom stereocenters. The molecule has 1 aliphatic rings. The molecule has 1 aliphatic heterocycles. The van der Waals surface area contributed by atoms with Crippen molar-refractivity contribution in [2.24, 2.45) is 0 Å². The molecule has 1 heterocycles. The Balaban J connectivity index is 2.14. The van der Waals surface area contributed by atoms with E-state index in [4.69, 9.17) is 9.47 Å². The van der Waals surface area contributed by atoms with Crippen LogP contribution in [0.1, 0.15) is 38.3 Å². The number of carbonyl (C=O) groups is 2. The second-order valence-corrected chi connectivity index (χ2v) is 7.23. The zero-order chi connectivity index (χ0) is 18.4. The third-order valence-corrected chi connectivity index (χ3v) is 4.00. The van der Waals surface area contributed by atoms with Gasteiger partial charge < -0.3 is 14.8 Å². The first-order chi connectivity index (χ1) is 11.8. The van der Waals surface area contributed by atoms with Gasteiger partial charge in [0, 0.05) is 26.7 Å². The quantitative estimate of drug-likeness (QED) is 0.830. The number of nitrogens with one attached hydrogen (secondary N) is 1. The largest absolute Gasteiger partial charge is 0.444 e. The van der Waals surface area contributed by atoms with Gasteiger partial charge in [-0.2, -0.15) is 0 Å². The maximum absolute atomic E-state index is 12.7. The molecule has 1 N–H and O–H groups in total. The Bertz CT molecular complexity index is 610. The minimum Gasteiger partial charge on any atom is -0.444 e. The number of hydrogen-bond acceptors (Lipinski definition) is 4. The van der Waals surface area contributed by atoms with Crippen molar-refractivity contribution in [1.29, 1.82) is 0 Å². The Morgan fingerprint density at radius 3 is 2.56 bits per heavy atom. The number of fused-ring (bicyclic) bond motifs is 1. The molecule has 1 aromatic rings. The van der Waals surface area contributed by atoms with Crippen LogP contribution in [0.5, 0.6) is 0 Å². The maximum atomic E-state index is 12.7. The SMILES string of the molecule is COCCCNC(=O)[C@H]1Cc2ccccc2CN1C(=O)OC(C)(C)C. The fourth-order valence-corrected chi connectivity index (χ4v) is 2.82. The lowest BCUT2D eigenvalue weighted by molar-refractivity contribution is -0.127. The van der Waals surface area contributed by atoms with Crippen molar-refractivity contribution in [3.05, 3.63) is 35.4 Å². The molecule has 138 valence electrons. The van der Waals surface area contributed by atoms with Gasteiger partial charge in [0.15, 0.2) is 0 Å². The summed E-state index contributed by atoms with van der Waals surface area (Å²) in [6.07, 6.45) is 0.766. The Morgan fingerprint density at radius 2 is 1.92 bits per heavy atom. The third kappa shape index (κ3) is 5.46. The lowest BCUT2D eigenvalue weighted by Gasteiger charge is -2.36. The van der Waals surface area contributed by atoms with Crippen molar-refractivity contribution < 1.29 is 19.1 Å². The minimum absolute atomic E-state index is 0.156. The van der Waals surface area contributed by atoms with E-state index in [-0.39, 0.29) is 5.91 Å². The Labute approximate surface area is 149 Å². The molecular weight excluding hydrogens is 320 g/mol. The molecule has 2 amide bonds. The molecule has 2 rings (SSSR count). The average Bonchev–Trinajstić information content (AvgIpc) is 2.55. The first-order valence-electron chi connectivity index (χ1n) is 8.65. The van der Waals surface area contributed by atoms with E-state index in [1.165, 1.54) is 4.90 Å². The predicted molar refractivity (Wildman–Crippen MR) is 95.2 cm³/mol. The van der Waals surface area contributed by atoms with Crippen molar-refractivity contribution in [3.8, 4) is 0 Å². The van der Waals surface area contributed by atoms with Crippen LogP contribution in [0.2, 0.25) is 0 Å². The van der Waals surface area contributed by atoms with Gasteiger partial charge in [0.05, 0.1) is 6.54 Å². The monoisotopic (exact) mass is 348 g/mol. The van der Waals surface area contributed by atoms with E-state index in [1.807, 2.05) is 45.0 Å². The number of rotatable bonds is 5. The molecule has 0 radical (unpaired) electrons. The number of hydrogen-bond donors (Lipinski definition) is 1. The fourth-order valence-electron chi connectivity index (χ4n) is 2.82. The van der Waals surface area contributed by atoms with Crippen LogP contribution in [0.15, 0.2) is 24.3 Å². The van der Waals surface area contributed by atoms with E-state index < -0.39 is 17.7 Å². The summed E-state index contributed by atoms with van der Waals surface area (Å²) in [5.74, 6) is -0.156. The molecule has 25 heavy (non-hydrogen) atoms. The van der Waals surface area contributed by atoms with Gasteiger partial charge in [-0.05, 0) is 38.3 Å². The van der Waals surface area contributed by atoms with E-state index in [0.29, 0.717) is 26.1 Å². The van der Waals surface area contributed by atoms with Crippen LogP contribution in [0.3, 0.4) is 0 Å². The third-order valence-electron chi connectivity index (χ3n) is 4.00. The molecule has 6 heteroatoms. The van der Waals surface area contributed by atoms with Gasteiger partial charge in [0.2, 0.25) is 5.91 Å². The van der Waals surface area contributed by atoms with Gasteiger partial charge in [-0.3, -0.25) is 9.69 Å². The van der Waals surface area contributed by atoms with Gasteiger partial charge in [-0.25, -0.2) is 4.79 Å². The zero-order valence-electron chi connectivity index (χ0n) is 15.5. The molecule has 1 aromatic carbocycles. The van der Waals surface area contributed by atoms with Crippen molar-refractivity contribution in [3.63, 3.8) is 0 Å². The van der Waals surface area contributed by atoms with Crippen molar-refractivity contribution in [1.82, 2.24) is 10.2 Å². The standard InChI is InChI=1S/C19H28N2O4/c1-19(2,3)25-18(23)21-13-15-9-6-5-8-14(15)12-16(21)17(22)20-10-7-11-24-4/h5-6,8-9,16H,7,10-13H2,1-4H3,(H,20,22)/t16-/m1/s1. The maximum Gasteiger partial charge on any atom is 0.411 e. The number of benzene rings is 1. The molecule has 0 saturated heterocycles. The number of amides is 2. The second-order valence-electron chi connectivity index (χ2n) is 7.23. The zero-order valence-corrected chi connectivity index (χ0v) is 15.5. The molecule has 1 atom stereocenters. The number of ether oxygens (including phenoxy) is 2. The Hall–Kier alpha value is -2.08. The highest BCUT2D eigenvalue weighted by Crippen LogP contribution is 2.25. The van der Waals surface area contributed by atoms with E-state index in [2.05, 4.69) is 5.32 Å². The van der Waals surface area contributed by atoms with E-state index >= 15 is 0 Å². The number of methoxy groups -OCH3 is 1. The highest BCUT2D eigenvalue weighted by molar-refractivity contribution is 5.86. The first-order valence-corrected chi connectivity index (χ1v) is 8.65. The molecule has 0 spiro atoms. The summed E-state index contributed by atoms with van der Waals surface area (Å²) in [5, 5.41) is 2.90. The molecule has 0 fully saturated rings. The topological polar surface area (TPSA) is 67.9 Å². The van der Waals surface area contributed by atoms with Gasteiger partial charge >= 0.3 is 6.09 Å². The molecular formula is C19H28N2O4. The van der Waals surface area contributed by atoms with Crippen molar-refractivity contribution in [2.45, 2.75) is 51.8 Å². The summed E-state index contributed by atoms with van der Waals surface area (Å²) in [6.45, 7) is 6.95. The van der Waals surface area contributed by atoms with Crippen molar-refractivity contribution in [2.75, 3.05) is 20.3 Å². The lowest BCUT2D eigenvalue weighted by Crippen LogP contribution is -2.53. The van der Waals surface area contributed by atoms with Gasteiger partial charge in [-0.1, -0.05) is 24.3 Å². The summed E-state index contributed by atoms with van der Waals surface area (Å²) < 4.78 is 10.5. The summed E-state index contributed by atoms with van der Waals surface area (Å²) in [4.78, 5) is 26.8. The normalized spacial score (nSPS) is 17.0. The van der Waals surface area contributed by atoms with E-state index in [9.17, 15) is 9.59 Å². The van der Waals surface area contributed by atoms with Crippen LogP contribution >= 0.6 is 0 Å². The summed E-state index contributed by atoms with van der Waals surface area (Å²) >= 11 is 0. The van der Waals surface area contributed by atoms with Crippen molar-refractivity contribution >= 4 is 12.0 Å². The Morgan fingerprint density at radius 1 is 1.24 bits per heavy atom. The first kappa shape index (κ1) is 19.2. The van der Waals surface area contributed by atoms with Gasteiger partial charge in [0.25, 0.3) is 0 Å². The molecule has 0 bridgehead atoms. The summed E-state index contributed by atoms with van der Waals surface area (Å²) in [5.41, 5.74) is 1.55. The highest BCUT2D eigenvalue weighted by Gasteiger charge is 2.36. The molecule has 0 saturated carbocycles. The van der Waals surface area contributed by atoms with Gasteiger partial charge in [0.1, 0.15) is 11.6 Å². The highest BCUT2D eigenvalue weighted by atomic mass is 16.6. The Kier molecular flexibility index (Phi) is 6.42. The summed E-state index contributed by atoms with van der Waals surface area (Å²) in [6, 6.07) is 7.33. The minimum atomic E-state index is -0.604. The summed E-state index contributed by atoms with van der Waals surface area (Å²) in [7, 11) is 1.63. The number of nitrogens with zero attached hydrogens (tertiary/aromatic N) is 1. The fraction of sp³-hybridized carbons (Fsp3) is 0.579.